The number of imide groups is 2. The topological polar surface area (TPSA) is 76.2 Å². The van der Waals surface area contributed by atoms with Crippen LogP contribution in [-0.4, -0.2) is 25.0 Å². The molecule has 0 atom stereocenters. The van der Waals surface area contributed by atoms with Crippen LogP contribution in [0.15, 0.2) is 103 Å². The second kappa shape index (κ2) is 11.7. The molecular formula is C31H22Cl2N2O5. The van der Waals surface area contributed by atoms with Crippen LogP contribution >= 0.6 is 23.2 Å². The van der Waals surface area contributed by atoms with E-state index in [4.69, 9.17) is 32.7 Å². The van der Waals surface area contributed by atoms with E-state index < -0.39 is 17.8 Å². The van der Waals surface area contributed by atoms with Crippen molar-refractivity contribution in [1.82, 2.24) is 0 Å². The Labute approximate surface area is 240 Å². The van der Waals surface area contributed by atoms with E-state index in [0.29, 0.717) is 38.5 Å². The van der Waals surface area contributed by atoms with Gasteiger partial charge in [0, 0.05) is 11.6 Å². The van der Waals surface area contributed by atoms with Gasteiger partial charge in [-0.3, -0.25) is 9.59 Å². The van der Waals surface area contributed by atoms with Crippen molar-refractivity contribution in [3.8, 4) is 11.5 Å². The number of carbonyl (C=O) groups excluding carboxylic acids is 3. The lowest BCUT2D eigenvalue weighted by Crippen LogP contribution is -2.57. The molecule has 40 heavy (non-hydrogen) atoms. The summed E-state index contributed by atoms with van der Waals surface area (Å²) in [5.41, 5.74) is 1.66. The van der Waals surface area contributed by atoms with E-state index in [2.05, 4.69) is 0 Å². The number of benzene rings is 4. The number of ether oxygens (including phenoxy) is 2. The van der Waals surface area contributed by atoms with Crippen molar-refractivity contribution in [3.63, 3.8) is 0 Å². The normalized spacial score (nSPS) is 13.5. The lowest BCUT2D eigenvalue weighted by Gasteiger charge is -2.34. The van der Waals surface area contributed by atoms with Gasteiger partial charge in [-0.25, -0.2) is 14.6 Å². The smallest absolute Gasteiger partial charge is 0.343 e. The first-order valence-corrected chi connectivity index (χ1v) is 12.9. The third-order valence-electron chi connectivity index (χ3n) is 6.18. The summed E-state index contributed by atoms with van der Waals surface area (Å²) in [4.78, 5) is 42.9. The van der Waals surface area contributed by atoms with Crippen LogP contribution in [0, 0.1) is 0 Å². The van der Waals surface area contributed by atoms with Gasteiger partial charge in [0.15, 0.2) is 0 Å². The van der Waals surface area contributed by atoms with Crippen LogP contribution in [0.2, 0.25) is 10.0 Å². The molecule has 0 saturated carbocycles. The van der Waals surface area contributed by atoms with Crippen molar-refractivity contribution in [2.24, 2.45) is 0 Å². The number of para-hydroxylation sites is 2. The number of hydrogen-bond donors (Lipinski definition) is 0. The van der Waals surface area contributed by atoms with Gasteiger partial charge in [-0.2, -0.15) is 0 Å². The number of hydrogen-bond acceptors (Lipinski definition) is 5. The molecule has 7 nitrogen and oxygen atoms in total. The van der Waals surface area contributed by atoms with Crippen molar-refractivity contribution in [3.05, 3.63) is 124 Å². The Morgan fingerprint density at radius 2 is 1.32 bits per heavy atom. The van der Waals surface area contributed by atoms with Crippen LogP contribution in [0.3, 0.4) is 0 Å². The monoisotopic (exact) mass is 572 g/mol. The van der Waals surface area contributed by atoms with Gasteiger partial charge < -0.3 is 9.47 Å². The van der Waals surface area contributed by atoms with Crippen LogP contribution in [0.4, 0.5) is 16.2 Å². The highest BCUT2D eigenvalue weighted by molar-refractivity contribution is 6.46. The first-order chi connectivity index (χ1) is 19.4. The number of urea groups is 1. The highest BCUT2D eigenvalue weighted by Crippen LogP contribution is 2.33. The fraction of sp³-hybridized carbons (Fsp3) is 0.0645. The van der Waals surface area contributed by atoms with Crippen LogP contribution < -0.4 is 19.3 Å². The number of carbonyl (C=O) groups is 3. The van der Waals surface area contributed by atoms with E-state index in [9.17, 15) is 14.4 Å². The molecule has 5 rings (SSSR count). The van der Waals surface area contributed by atoms with E-state index in [1.54, 1.807) is 97.1 Å². The van der Waals surface area contributed by atoms with Crippen LogP contribution in [0.1, 0.15) is 11.1 Å². The zero-order valence-corrected chi connectivity index (χ0v) is 22.7. The molecule has 4 amide bonds. The molecule has 0 spiro atoms. The minimum absolute atomic E-state index is 0.132. The average Bonchev–Trinajstić information content (AvgIpc) is 2.97. The zero-order valence-electron chi connectivity index (χ0n) is 21.2. The van der Waals surface area contributed by atoms with E-state index in [0.717, 1.165) is 15.4 Å². The molecule has 4 aromatic rings. The predicted molar refractivity (Wildman–Crippen MR) is 155 cm³/mol. The van der Waals surface area contributed by atoms with Gasteiger partial charge in [-0.15, -0.1) is 0 Å². The summed E-state index contributed by atoms with van der Waals surface area (Å²) >= 11 is 12.2. The SMILES string of the molecule is COc1ccc(C=C2C(=O)N(c3ccccc3)C(=O)N(c3ccccc3)C2=O)c(OCc2ccc(Cl)c(Cl)c2)c1. The van der Waals surface area contributed by atoms with Gasteiger partial charge in [0.1, 0.15) is 23.7 Å². The maximum Gasteiger partial charge on any atom is 0.343 e. The molecule has 200 valence electrons. The quantitative estimate of drug-likeness (QED) is 0.173. The lowest BCUT2D eigenvalue weighted by atomic mass is 10.0. The molecule has 0 aromatic heterocycles. The first kappa shape index (κ1) is 27.0. The van der Waals surface area contributed by atoms with Gasteiger partial charge in [0.25, 0.3) is 11.8 Å². The first-order valence-electron chi connectivity index (χ1n) is 12.2. The average molecular weight is 573 g/mol. The van der Waals surface area contributed by atoms with Crippen molar-refractivity contribution in [2.45, 2.75) is 6.61 Å². The number of halogens is 2. The molecule has 1 aliphatic rings. The van der Waals surface area contributed by atoms with Crippen molar-refractivity contribution in [1.29, 1.82) is 0 Å². The third-order valence-corrected chi connectivity index (χ3v) is 6.92. The Morgan fingerprint density at radius 1 is 0.725 bits per heavy atom. The summed E-state index contributed by atoms with van der Waals surface area (Å²) < 4.78 is 11.4. The fourth-order valence-electron chi connectivity index (χ4n) is 4.17. The lowest BCUT2D eigenvalue weighted by molar-refractivity contribution is -0.121. The largest absolute Gasteiger partial charge is 0.497 e. The summed E-state index contributed by atoms with van der Waals surface area (Å²) in [7, 11) is 1.52. The number of anilines is 2. The maximum absolute atomic E-state index is 13.7. The standard InChI is InChI=1S/C31H22Cl2N2O5/c1-39-24-14-13-21(28(18-24)40-19-20-12-15-26(32)27(33)16-20)17-25-29(36)34(22-8-4-2-5-9-22)31(38)35(30(25)37)23-10-6-3-7-11-23/h2-18H,19H2,1H3. The summed E-state index contributed by atoms with van der Waals surface area (Å²) in [6.07, 6.45) is 1.42. The maximum atomic E-state index is 13.7. The molecule has 1 heterocycles. The molecule has 0 bridgehead atoms. The van der Waals surface area contributed by atoms with Crippen LogP contribution in [0.5, 0.6) is 11.5 Å². The second-order valence-corrected chi connectivity index (χ2v) is 9.55. The van der Waals surface area contributed by atoms with E-state index in [1.165, 1.54) is 13.2 Å². The van der Waals surface area contributed by atoms with Crippen LogP contribution in [-0.2, 0) is 16.2 Å². The molecule has 1 aliphatic heterocycles. The van der Waals surface area contributed by atoms with Gasteiger partial charge >= 0.3 is 6.03 Å². The Morgan fingerprint density at radius 3 is 1.88 bits per heavy atom. The molecular weight excluding hydrogens is 551 g/mol. The number of nitrogens with zero attached hydrogens (tertiary/aromatic N) is 2. The molecule has 0 aliphatic carbocycles. The fourth-order valence-corrected chi connectivity index (χ4v) is 4.49. The highest BCUT2D eigenvalue weighted by atomic mass is 35.5. The van der Waals surface area contributed by atoms with Crippen LogP contribution in [0.25, 0.3) is 6.08 Å². The van der Waals surface area contributed by atoms with Gasteiger partial charge in [-0.05, 0) is 60.2 Å². The molecule has 1 saturated heterocycles. The zero-order chi connectivity index (χ0) is 28.2. The molecule has 1 fully saturated rings. The number of barbiturate groups is 1. The minimum atomic E-state index is -0.768. The molecule has 0 radical (unpaired) electrons. The van der Waals surface area contributed by atoms with Gasteiger partial charge in [-0.1, -0.05) is 65.7 Å². The summed E-state index contributed by atoms with van der Waals surface area (Å²) in [6.45, 7) is 0.132. The Hall–Kier alpha value is -4.59. The summed E-state index contributed by atoms with van der Waals surface area (Å²) in [5, 5.41) is 0.813. The Kier molecular flexibility index (Phi) is 7.86. The second-order valence-electron chi connectivity index (χ2n) is 8.73. The van der Waals surface area contributed by atoms with Gasteiger partial charge in [0.05, 0.1) is 28.5 Å². The Bertz CT molecular complexity index is 1560. The van der Waals surface area contributed by atoms with E-state index in [1.807, 2.05) is 0 Å². The van der Waals surface area contributed by atoms with E-state index >= 15 is 0 Å². The predicted octanol–water partition coefficient (Wildman–Crippen LogP) is 7.16. The van der Waals surface area contributed by atoms with Crippen molar-refractivity contribution >= 4 is 58.5 Å². The van der Waals surface area contributed by atoms with Crippen molar-refractivity contribution < 1.29 is 23.9 Å². The molecule has 0 N–H and O–H groups in total. The molecule has 9 heteroatoms. The third kappa shape index (κ3) is 5.43. The van der Waals surface area contributed by atoms with E-state index in [-0.39, 0.29) is 12.2 Å². The summed E-state index contributed by atoms with van der Waals surface area (Å²) in [5.74, 6) is -0.633. The number of amides is 4. The number of methoxy groups -OCH3 is 1. The summed E-state index contributed by atoms with van der Waals surface area (Å²) in [6, 6.07) is 26.3. The van der Waals surface area contributed by atoms with Gasteiger partial charge in [0.2, 0.25) is 0 Å². The number of rotatable bonds is 7. The minimum Gasteiger partial charge on any atom is -0.497 e. The molecule has 0 unspecified atom stereocenters. The van der Waals surface area contributed by atoms with Crippen molar-refractivity contribution in [2.75, 3.05) is 16.9 Å². The Balaban J connectivity index is 1.58. The highest BCUT2D eigenvalue weighted by Gasteiger charge is 2.43. The molecule has 4 aromatic carbocycles.